The molecule has 5 heteroatoms. The highest BCUT2D eigenvalue weighted by Gasteiger charge is 2.15. The van der Waals surface area contributed by atoms with Crippen LogP contribution in [0.4, 0.5) is 5.69 Å². The Kier molecular flexibility index (Phi) is 4.89. The number of amides is 1. The fraction of sp³-hybridized carbons (Fsp3) is 0.143. The van der Waals surface area contributed by atoms with Crippen molar-refractivity contribution in [2.24, 2.45) is 0 Å². The van der Waals surface area contributed by atoms with Gasteiger partial charge in [-0.05, 0) is 56.3 Å². The largest absolute Gasteiger partial charge is 0.465 e. The number of anilines is 1. The van der Waals surface area contributed by atoms with Crippen LogP contribution in [-0.2, 0) is 4.74 Å². The maximum Gasteiger partial charge on any atom is 0.339 e. The van der Waals surface area contributed by atoms with Gasteiger partial charge in [-0.25, -0.2) is 4.79 Å². The fourth-order valence-electron chi connectivity index (χ4n) is 2.94. The summed E-state index contributed by atoms with van der Waals surface area (Å²) in [7, 11) is 1.31. The summed E-state index contributed by atoms with van der Waals surface area (Å²) in [6.45, 7) is 4.04. The average Bonchev–Trinajstić information content (AvgIpc) is 3.00. The van der Waals surface area contributed by atoms with Crippen molar-refractivity contribution in [2.45, 2.75) is 13.8 Å². The lowest BCUT2D eigenvalue weighted by Crippen LogP contribution is -2.15. The maximum atomic E-state index is 12.7. The van der Waals surface area contributed by atoms with E-state index in [2.05, 4.69) is 9.88 Å². The van der Waals surface area contributed by atoms with Crippen molar-refractivity contribution in [2.75, 3.05) is 12.4 Å². The topological polar surface area (TPSA) is 60.3 Å². The van der Waals surface area contributed by atoms with E-state index >= 15 is 0 Å². The number of para-hydroxylation sites is 1. The molecule has 0 bridgehead atoms. The van der Waals surface area contributed by atoms with E-state index in [1.54, 1.807) is 30.3 Å². The summed E-state index contributed by atoms with van der Waals surface area (Å²) in [5, 5.41) is 2.79. The molecular formula is C21H20N2O3. The zero-order valence-corrected chi connectivity index (χ0v) is 14.9. The highest BCUT2D eigenvalue weighted by molar-refractivity contribution is 6.08. The number of aromatic nitrogens is 1. The van der Waals surface area contributed by atoms with Crippen molar-refractivity contribution in [3.63, 3.8) is 0 Å². The smallest absolute Gasteiger partial charge is 0.339 e. The van der Waals surface area contributed by atoms with Crippen LogP contribution in [0.1, 0.15) is 32.1 Å². The second-order valence-electron chi connectivity index (χ2n) is 5.99. The SMILES string of the molecule is COC(=O)c1ccccc1NC(=O)c1cccc(-n2c(C)ccc2C)c1. The van der Waals surface area contributed by atoms with Gasteiger partial charge in [-0.1, -0.05) is 18.2 Å². The average molecular weight is 348 g/mol. The number of aryl methyl sites for hydroxylation is 2. The van der Waals surface area contributed by atoms with Crippen molar-refractivity contribution in [3.8, 4) is 5.69 Å². The Morgan fingerprint density at radius 2 is 1.62 bits per heavy atom. The van der Waals surface area contributed by atoms with Gasteiger partial charge in [0.25, 0.3) is 5.91 Å². The maximum absolute atomic E-state index is 12.7. The number of carbonyl (C=O) groups is 2. The van der Waals surface area contributed by atoms with E-state index < -0.39 is 5.97 Å². The normalized spacial score (nSPS) is 10.4. The predicted molar refractivity (Wildman–Crippen MR) is 101 cm³/mol. The molecule has 0 unspecified atom stereocenters. The van der Waals surface area contributed by atoms with Crippen molar-refractivity contribution < 1.29 is 14.3 Å². The first-order chi connectivity index (χ1) is 12.5. The second-order valence-corrected chi connectivity index (χ2v) is 5.99. The third kappa shape index (κ3) is 3.37. The van der Waals surface area contributed by atoms with E-state index in [9.17, 15) is 9.59 Å². The molecule has 0 atom stereocenters. The van der Waals surface area contributed by atoms with Gasteiger partial charge in [0.05, 0.1) is 18.4 Å². The molecule has 5 nitrogen and oxygen atoms in total. The lowest BCUT2D eigenvalue weighted by Gasteiger charge is -2.12. The molecule has 0 aliphatic rings. The van der Waals surface area contributed by atoms with Gasteiger partial charge in [-0.15, -0.1) is 0 Å². The molecule has 0 saturated heterocycles. The van der Waals surface area contributed by atoms with E-state index in [0.717, 1.165) is 17.1 Å². The number of ether oxygens (including phenoxy) is 1. The molecule has 0 fully saturated rings. The van der Waals surface area contributed by atoms with Gasteiger partial charge in [0.1, 0.15) is 0 Å². The van der Waals surface area contributed by atoms with Crippen molar-refractivity contribution in [1.82, 2.24) is 4.57 Å². The molecule has 1 amide bonds. The monoisotopic (exact) mass is 348 g/mol. The third-order valence-electron chi connectivity index (χ3n) is 4.22. The number of benzene rings is 2. The lowest BCUT2D eigenvalue weighted by molar-refractivity contribution is 0.0602. The number of carbonyl (C=O) groups excluding carboxylic acids is 2. The fourth-order valence-corrected chi connectivity index (χ4v) is 2.94. The number of hydrogen-bond donors (Lipinski definition) is 1. The number of nitrogens with zero attached hydrogens (tertiary/aromatic N) is 1. The molecule has 1 aromatic heterocycles. The van der Waals surface area contributed by atoms with E-state index in [1.165, 1.54) is 7.11 Å². The van der Waals surface area contributed by atoms with Crippen LogP contribution < -0.4 is 5.32 Å². The summed E-state index contributed by atoms with van der Waals surface area (Å²) in [6.07, 6.45) is 0. The summed E-state index contributed by atoms with van der Waals surface area (Å²) < 4.78 is 6.85. The first-order valence-electron chi connectivity index (χ1n) is 8.25. The summed E-state index contributed by atoms with van der Waals surface area (Å²) in [5.74, 6) is -0.779. The van der Waals surface area contributed by atoms with E-state index in [-0.39, 0.29) is 5.91 Å². The van der Waals surface area contributed by atoms with Crippen molar-refractivity contribution >= 4 is 17.6 Å². The lowest BCUT2D eigenvalue weighted by atomic mass is 10.1. The number of methoxy groups -OCH3 is 1. The van der Waals surface area contributed by atoms with Crippen LogP contribution in [0.2, 0.25) is 0 Å². The minimum atomic E-state index is -0.492. The number of hydrogen-bond acceptors (Lipinski definition) is 3. The van der Waals surface area contributed by atoms with Crippen LogP contribution in [0.25, 0.3) is 5.69 Å². The molecule has 1 heterocycles. The number of nitrogens with one attached hydrogen (secondary N) is 1. The first kappa shape index (κ1) is 17.5. The van der Waals surface area contributed by atoms with Gasteiger partial charge in [0.2, 0.25) is 0 Å². The molecule has 0 aliphatic carbocycles. The van der Waals surface area contributed by atoms with Crippen LogP contribution in [0, 0.1) is 13.8 Å². The van der Waals surface area contributed by atoms with Crippen LogP contribution in [0.3, 0.4) is 0 Å². The Morgan fingerprint density at radius 1 is 0.923 bits per heavy atom. The molecule has 132 valence electrons. The molecular weight excluding hydrogens is 328 g/mol. The Bertz CT molecular complexity index is 953. The minimum absolute atomic E-state index is 0.286. The Hall–Kier alpha value is -3.34. The van der Waals surface area contributed by atoms with Crippen molar-refractivity contribution in [1.29, 1.82) is 0 Å². The standard InChI is InChI=1S/C21H20N2O3/c1-14-11-12-15(2)23(14)17-8-6-7-16(13-17)20(24)22-19-10-5-4-9-18(19)21(25)26-3/h4-13H,1-3H3,(H,22,24). The van der Waals surface area contributed by atoms with Crippen LogP contribution >= 0.6 is 0 Å². The molecule has 0 spiro atoms. The highest BCUT2D eigenvalue weighted by Crippen LogP contribution is 2.20. The number of rotatable bonds is 4. The number of esters is 1. The Morgan fingerprint density at radius 3 is 2.31 bits per heavy atom. The molecule has 0 saturated carbocycles. The van der Waals surface area contributed by atoms with Gasteiger partial charge >= 0.3 is 5.97 Å². The van der Waals surface area contributed by atoms with Crippen LogP contribution in [0.5, 0.6) is 0 Å². The third-order valence-corrected chi connectivity index (χ3v) is 4.22. The zero-order valence-electron chi connectivity index (χ0n) is 14.9. The molecule has 3 aromatic rings. The summed E-state index contributed by atoms with van der Waals surface area (Å²) in [5.41, 5.74) is 4.35. The molecule has 2 aromatic carbocycles. The zero-order chi connectivity index (χ0) is 18.7. The van der Waals surface area contributed by atoms with Gasteiger partial charge in [-0.3, -0.25) is 4.79 Å². The minimum Gasteiger partial charge on any atom is -0.465 e. The van der Waals surface area contributed by atoms with E-state index in [1.807, 2.05) is 44.2 Å². The van der Waals surface area contributed by atoms with Crippen LogP contribution in [-0.4, -0.2) is 23.6 Å². The Balaban J connectivity index is 1.91. The molecule has 0 aliphatic heterocycles. The van der Waals surface area contributed by atoms with Gasteiger partial charge < -0.3 is 14.6 Å². The van der Waals surface area contributed by atoms with E-state index in [0.29, 0.717) is 16.8 Å². The summed E-state index contributed by atoms with van der Waals surface area (Å²) in [4.78, 5) is 24.6. The van der Waals surface area contributed by atoms with Gasteiger partial charge in [-0.2, -0.15) is 0 Å². The molecule has 1 N–H and O–H groups in total. The highest BCUT2D eigenvalue weighted by atomic mass is 16.5. The first-order valence-corrected chi connectivity index (χ1v) is 8.25. The Labute approximate surface area is 152 Å². The summed E-state index contributed by atoms with van der Waals surface area (Å²) >= 11 is 0. The van der Waals surface area contributed by atoms with Gasteiger partial charge in [0, 0.05) is 22.6 Å². The van der Waals surface area contributed by atoms with Crippen LogP contribution in [0.15, 0.2) is 60.7 Å². The predicted octanol–water partition coefficient (Wildman–Crippen LogP) is 4.13. The van der Waals surface area contributed by atoms with Gasteiger partial charge in [0.15, 0.2) is 0 Å². The van der Waals surface area contributed by atoms with E-state index in [4.69, 9.17) is 4.74 Å². The van der Waals surface area contributed by atoms with Crippen molar-refractivity contribution in [3.05, 3.63) is 83.2 Å². The molecule has 3 rings (SSSR count). The molecule has 26 heavy (non-hydrogen) atoms. The quantitative estimate of drug-likeness (QED) is 0.721. The molecule has 0 radical (unpaired) electrons. The second kappa shape index (κ2) is 7.27. The summed E-state index contributed by atoms with van der Waals surface area (Å²) in [6, 6.07) is 18.2.